The van der Waals surface area contributed by atoms with E-state index >= 15 is 0 Å². The normalized spacial score (nSPS) is 25.6. The summed E-state index contributed by atoms with van der Waals surface area (Å²) in [6.07, 6.45) is 8.04. The number of hydrogen-bond acceptors (Lipinski definition) is 0. The molecule has 0 aliphatic carbocycles. The first-order valence-electron chi connectivity index (χ1n) is 2.89. The van der Waals surface area contributed by atoms with Crippen LogP contribution in [0, 0.1) is 10.4 Å². The van der Waals surface area contributed by atoms with Crippen LogP contribution in [0.5, 0.6) is 0 Å². The fourth-order valence-corrected chi connectivity index (χ4v) is 2.13. The van der Waals surface area contributed by atoms with Gasteiger partial charge in [0.05, 0.1) is 9.81 Å². The Bertz CT molecular complexity index is 337. The summed E-state index contributed by atoms with van der Waals surface area (Å²) in [4.78, 5) is 2.57. The Morgan fingerprint density at radius 2 is 1.40 bits per heavy atom. The Kier molecular flexibility index (Phi) is 1.46. The highest BCUT2D eigenvalue weighted by Gasteiger charge is 1.99. The number of rotatable bonds is 0. The predicted octanol–water partition coefficient (Wildman–Crippen LogP) is 2.72. The molecule has 2 heteroatoms. The van der Waals surface area contributed by atoms with Gasteiger partial charge in [0.1, 0.15) is 0 Å². The zero-order chi connectivity index (χ0) is 6.81. The number of allylic oxidation sites excluding steroid dienone is 4. The van der Waals surface area contributed by atoms with E-state index in [1.807, 2.05) is 12.2 Å². The van der Waals surface area contributed by atoms with E-state index < -0.39 is 0 Å². The van der Waals surface area contributed by atoms with Crippen LogP contribution >= 0.6 is 22.3 Å². The molecule has 48 valence electrons. The molecule has 2 aliphatic rings. The third kappa shape index (κ3) is 0.942. The first-order chi connectivity index (χ1) is 4.97. The molecular weight excluding hydrogens is 160 g/mol. The molecule has 0 fully saturated rings. The monoisotopic (exact) mass is 164 g/mol. The lowest BCUT2D eigenvalue weighted by Gasteiger charge is -1.86. The van der Waals surface area contributed by atoms with Crippen molar-refractivity contribution in [3.05, 3.63) is 34.1 Å². The zero-order valence-electron chi connectivity index (χ0n) is 5.13. The van der Waals surface area contributed by atoms with Gasteiger partial charge < -0.3 is 0 Å². The highest BCUT2D eigenvalue weighted by Crippen LogP contribution is 2.24. The van der Waals surface area contributed by atoms with Crippen molar-refractivity contribution >= 4 is 22.3 Å². The highest BCUT2D eigenvalue weighted by atomic mass is 32.1. The molecule has 2 rings (SSSR count). The topological polar surface area (TPSA) is 0 Å². The van der Waals surface area contributed by atoms with Crippen LogP contribution in [0.1, 0.15) is 0 Å². The smallest absolute Gasteiger partial charge is 0.0539 e. The van der Waals surface area contributed by atoms with Crippen LogP contribution in [-0.2, 0) is 0 Å². The summed E-state index contributed by atoms with van der Waals surface area (Å²) in [6, 6.07) is 0. The molecule has 0 nitrogen and oxygen atoms in total. The van der Waals surface area contributed by atoms with E-state index in [0.717, 1.165) is 0 Å². The first kappa shape index (κ1) is 5.96. The lowest BCUT2D eigenvalue weighted by molar-refractivity contribution is 1.86. The van der Waals surface area contributed by atoms with Crippen molar-refractivity contribution in [2.75, 3.05) is 0 Å². The van der Waals surface area contributed by atoms with E-state index in [4.69, 9.17) is 0 Å². The fraction of sp³-hybridized carbons (Fsp3) is 0. The molecular formula is C8H4S2. The largest absolute Gasteiger partial charge is 0.0915 e. The molecule has 0 aromatic rings. The Balaban J connectivity index is 2.54. The maximum atomic E-state index is 3.05. The Hall–Kier alpha value is -0.780. The third-order valence-electron chi connectivity index (χ3n) is 1.19. The van der Waals surface area contributed by atoms with Crippen LogP contribution in [0.3, 0.4) is 0 Å². The van der Waals surface area contributed by atoms with E-state index in [1.165, 1.54) is 9.81 Å². The summed E-state index contributed by atoms with van der Waals surface area (Å²) >= 11 is 3.29. The average Bonchev–Trinajstić information content (AvgIpc) is 2.59. The van der Waals surface area contributed by atoms with Crippen LogP contribution in [0.2, 0.25) is 0 Å². The lowest BCUT2D eigenvalue weighted by atomic mass is 10.4. The van der Waals surface area contributed by atoms with Crippen LogP contribution in [0.25, 0.3) is 0 Å². The molecule has 2 heterocycles. The van der Waals surface area contributed by atoms with E-state index in [1.54, 1.807) is 22.3 Å². The van der Waals surface area contributed by atoms with Crippen molar-refractivity contribution in [2.45, 2.75) is 0 Å². The fourth-order valence-electron chi connectivity index (χ4n) is 0.747. The van der Waals surface area contributed by atoms with Crippen molar-refractivity contribution in [2.24, 2.45) is 0 Å². The second-order valence-electron chi connectivity index (χ2n) is 1.83. The second kappa shape index (κ2) is 2.45. The van der Waals surface area contributed by atoms with Gasteiger partial charge in [0.25, 0.3) is 0 Å². The Labute approximate surface area is 67.1 Å². The minimum atomic E-state index is 1.28. The first-order valence-corrected chi connectivity index (χ1v) is 4.52. The van der Waals surface area contributed by atoms with Crippen molar-refractivity contribution < 1.29 is 0 Å². The molecule has 0 aromatic heterocycles. The van der Waals surface area contributed by atoms with E-state index in [-0.39, 0.29) is 0 Å². The second-order valence-corrected chi connectivity index (χ2v) is 3.59. The number of hydrogen-bond donors (Lipinski definition) is 0. The molecule has 0 amide bonds. The van der Waals surface area contributed by atoms with E-state index in [0.29, 0.717) is 0 Å². The molecule has 0 radical (unpaired) electrons. The maximum absolute atomic E-state index is 3.05. The van der Waals surface area contributed by atoms with Gasteiger partial charge in [-0.1, -0.05) is 32.7 Å². The van der Waals surface area contributed by atoms with Gasteiger partial charge in [-0.25, -0.2) is 0 Å². The van der Waals surface area contributed by atoms with Crippen molar-refractivity contribution in [1.29, 1.82) is 0 Å². The van der Waals surface area contributed by atoms with Gasteiger partial charge in [0.2, 0.25) is 0 Å². The average molecular weight is 164 g/mol. The van der Waals surface area contributed by atoms with Crippen LogP contribution < -0.4 is 0 Å². The van der Waals surface area contributed by atoms with Crippen molar-refractivity contribution in [1.82, 2.24) is 0 Å². The zero-order valence-corrected chi connectivity index (χ0v) is 6.76. The molecule has 0 spiro atoms. The summed E-state index contributed by atoms with van der Waals surface area (Å²) in [6.45, 7) is 0. The molecule has 2 aliphatic heterocycles. The van der Waals surface area contributed by atoms with Gasteiger partial charge in [0, 0.05) is 0 Å². The van der Waals surface area contributed by atoms with Gasteiger partial charge in [-0.3, -0.25) is 0 Å². The summed E-state index contributed by atoms with van der Waals surface area (Å²) in [5.74, 6) is 0. The van der Waals surface area contributed by atoms with Crippen molar-refractivity contribution in [3.63, 3.8) is 0 Å². The van der Waals surface area contributed by atoms with Gasteiger partial charge in [-0.15, -0.1) is 0 Å². The highest BCUT2D eigenvalue weighted by molar-refractivity contribution is 7.97. The SMILES string of the molecule is C1#S/C(=C2\C=CC#S2)C=C1. The predicted molar refractivity (Wildman–Crippen MR) is 48.3 cm³/mol. The van der Waals surface area contributed by atoms with Crippen molar-refractivity contribution in [3.8, 4) is 10.4 Å². The molecule has 0 bridgehead atoms. The van der Waals surface area contributed by atoms with Gasteiger partial charge in [-0.05, 0) is 24.3 Å². The minimum Gasteiger partial charge on any atom is -0.0915 e. The standard InChI is InChI=1S/C8H4S2/c1-3-7(9-5-1)8-4-2-6-10-8/h1-4H/b8-7+. The van der Waals surface area contributed by atoms with Gasteiger partial charge in [-0.2, -0.15) is 0 Å². The van der Waals surface area contributed by atoms with Gasteiger partial charge in [0.15, 0.2) is 0 Å². The lowest BCUT2D eigenvalue weighted by Crippen LogP contribution is -1.64. The summed E-state index contributed by atoms with van der Waals surface area (Å²) in [5.41, 5.74) is 0. The van der Waals surface area contributed by atoms with Crippen LogP contribution in [-0.4, -0.2) is 0 Å². The van der Waals surface area contributed by atoms with E-state index in [9.17, 15) is 0 Å². The Morgan fingerprint density at radius 1 is 0.900 bits per heavy atom. The molecule has 0 saturated carbocycles. The third-order valence-corrected chi connectivity index (χ3v) is 2.98. The minimum absolute atomic E-state index is 1.28. The summed E-state index contributed by atoms with van der Waals surface area (Å²) < 4.78 is 0. The summed E-state index contributed by atoms with van der Waals surface area (Å²) in [5, 5.41) is 6.10. The quantitative estimate of drug-likeness (QED) is 0.516. The molecule has 0 unspecified atom stereocenters. The molecule has 0 saturated heterocycles. The van der Waals surface area contributed by atoms with E-state index in [2.05, 4.69) is 22.5 Å². The molecule has 0 aromatic carbocycles. The Morgan fingerprint density at radius 3 is 1.70 bits per heavy atom. The molecule has 0 N–H and O–H groups in total. The maximum Gasteiger partial charge on any atom is 0.0539 e. The van der Waals surface area contributed by atoms with Crippen LogP contribution in [0.15, 0.2) is 34.1 Å². The molecule has 10 heavy (non-hydrogen) atoms. The summed E-state index contributed by atoms with van der Waals surface area (Å²) in [7, 11) is 0. The van der Waals surface area contributed by atoms with Gasteiger partial charge >= 0.3 is 0 Å². The van der Waals surface area contributed by atoms with Crippen LogP contribution in [0.4, 0.5) is 0 Å². The molecule has 0 atom stereocenters.